The smallest absolute Gasteiger partial charge is 0.104 e. The molecule has 5 heteroatoms. The molecule has 35 heavy (non-hydrogen) atoms. The largest absolute Gasteiger partial charge is 0.379 e. The van der Waals surface area contributed by atoms with Crippen LogP contribution in [0.15, 0.2) is 35.4 Å². The molecule has 1 aromatic carbocycles. The van der Waals surface area contributed by atoms with Gasteiger partial charge in [-0.3, -0.25) is 0 Å². The number of rotatable bonds is 22. The van der Waals surface area contributed by atoms with Crippen molar-refractivity contribution in [3.63, 3.8) is 0 Å². The van der Waals surface area contributed by atoms with Crippen LogP contribution in [0.5, 0.6) is 0 Å². The average Bonchev–Trinajstić information content (AvgIpc) is 3.27. The van der Waals surface area contributed by atoms with Gasteiger partial charge in [-0.1, -0.05) is 102 Å². The van der Waals surface area contributed by atoms with E-state index in [2.05, 4.69) is 49.2 Å². The lowest BCUT2D eigenvalue weighted by Crippen LogP contribution is -2.24. The second kappa shape index (κ2) is 20.1. The molecule has 1 aromatic rings. The van der Waals surface area contributed by atoms with Crippen molar-refractivity contribution in [3.8, 4) is 0 Å². The summed E-state index contributed by atoms with van der Waals surface area (Å²) >= 11 is 1.90. The number of hydrogen-bond donors (Lipinski definition) is 0. The third kappa shape index (κ3) is 15.0. The lowest BCUT2D eigenvalue weighted by molar-refractivity contribution is -0.0451. The van der Waals surface area contributed by atoms with Gasteiger partial charge in [0.1, 0.15) is 6.10 Å². The van der Waals surface area contributed by atoms with Crippen LogP contribution in [-0.4, -0.2) is 43.8 Å². The van der Waals surface area contributed by atoms with E-state index in [1.54, 1.807) is 7.11 Å². The first-order valence-electron chi connectivity index (χ1n) is 14.0. The fourth-order valence-electron chi connectivity index (χ4n) is 4.41. The molecule has 1 aliphatic heterocycles. The molecule has 1 atom stereocenters. The standard InChI is InChI=1S/C30H51NO3S/c1-4-5-6-7-8-9-10-11-12-13-14-15-19-33-24-30(32-3)25-34-23-29-18-16-17-28(20-29)22-31-21-27(2)35-26-31/h16-18,20-21,30H,4-15,19,22-26H2,1-3H3. The molecule has 1 aliphatic rings. The lowest BCUT2D eigenvalue weighted by atomic mass is 10.1. The Kier molecular flexibility index (Phi) is 17.3. The van der Waals surface area contributed by atoms with E-state index in [4.69, 9.17) is 14.2 Å². The van der Waals surface area contributed by atoms with E-state index in [0.717, 1.165) is 25.4 Å². The van der Waals surface area contributed by atoms with Crippen molar-refractivity contribution in [2.45, 2.75) is 110 Å². The molecule has 4 nitrogen and oxygen atoms in total. The molecule has 200 valence electrons. The van der Waals surface area contributed by atoms with E-state index in [1.807, 2.05) is 11.8 Å². The summed E-state index contributed by atoms with van der Waals surface area (Å²) in [6, 6.07) is 8.70. The van der Waals surface area contributed by atoms with Gasteiger partial charge in [0.25, 0.3) is 0 Å². The van der Waals surface area contributed by atoms with E-state index in [9.17, 15) is 0 Å². The minimum atomic E-state index is -0.00903. The minimum Gasteiger partial charge on any atom is -0.379 e. The van der Waals surface area contributed by atoms with Crippen molar-refractivity contribution in [3.05, 3.63) is 46.5 Å². The fraction of sp³-hybridized carbons (Fsp3) is 0.733. The molecule has 0 N–H and O–H groups in total. The maximum Gasteiger partial charge on any atom is 0.104 e. The molecule has 1 unspecified atom stereocenters. The quantitative estimate of drug-likeness (QED) is 0.148. The monoisotopic (exact) mass is 505 g/mol. The Bertz CT molecular complexity index is 681. The Hall–Kier alpha value is -1.01. The Morgan fingerprint density at radius 2 is 1.49 bits per heavy atom. The number of ether oxygens (including phenoxy) is 3. The summed E-state index contributed by atoms with van der Waals surface area (Å²) < 4.78 is 17.4. The first kappa shape index (κ1) is 30.2. The van der Waals surface area contributed by atoms with Gasteiger partial charge in [0.05, 0.1) is 25.7 Å². The van der Waals surface area contributed by atoms with Gasteiger partial charge in [-0.2, -0.15) is 0 Å². The van der Waals surface area contributed by atoms with Gasteiger partial charge >= 0.3 is 0 Å². The third-order valence-corrected chi connectivity index (χ3v) is 7.57. The average molecular weight is 506 g/mol. The van der Waals surface area contributed by atoms with Crippen molar-refractivity contribution in [2.75, 3.05) is 32.8 Å². The van der Waals surface area contributed by atoms with Gasteiger partial charge in [0.15, 0.2) is 0 Å². The number of methoxy groups -OCH3 is 1. The van der Waals surface area contributed by atoms with Crippen molar-refractivity contribution >= 4 is 11.8 Å². The number of benzene rings is 1. The summed E-state index contributed by atoms with van der Waals surface area (Å²) in [5.41, 5.74) is 2.54. The molecule has 0 bridgehead atoms. The van der Waals surface area contributed by atoms with Gasteiger partial charge in [-0.25, -0.2) is 0 Å². The second-order valence-electron chi connectivity index (χ2n) is 9.92. The molecule has 0 aliphatic carbocycles. The van der Waals surface area contributed by atoms with Crippen molar-refractivity contribution in [1.29, 1.82) is 0 Å². The molecular weight excluding hydrogens is 454 g/mol. The number of thioether (sulfide) groups is 1. The van der Waals surface area contributed by atoms with Gasteiger partial charge in [-0.15, -0.1) is 11.8 Å². The molecule has 0 saturated heterocycles. The second-order valence-corrected chi connectivity index (χ2v) is 11.1. The van der Waals surface area contributed by atoms with Gasteiger partial charge in [-0.05, 0) is 29.4 Å². The van der Waals surface area contributed by atoms with Crippen LogP contribution in [-0.2, 0) is 27.4 Å². The maximum atomic E-state index is 5.95. The summed E-state index contributed by atoms with van der Waals surface area (Å²) in [4.78, 5) is 3.74. The Morgan fingerprint density at radius 1 is 0.857 bits per heavy atom. The van der Waals surface area contributed by atoms with Crippen molar-refractivity contribution < 1.29 is 14.2 Å². The summed E-state index contributed by atoms with van der Waals surface area (Å²) in [5, 5.41) is 0. The highest BCUT2D eigenvalue weighted by Gasteiger charge is 2.11. The lowest BCUT2D eigenvalue weighted by Gasteiger charge is -2.17. The van der Waals surface area contributed by atoms with Crippen molar-refractivity contribution in [1.82, 2.24) is 4.90 Å². The topological polar surface area (TPSA) is 30.9 Å². The summed E-state index contributed by atoms with van der Waals surface area (Å²) in [5.74, 6) is 1.04. The molecule has 0 saturated carbocycles. The third-order valence-electron chi connectivity index (χ3n) is 6.55. The van der Waals surface area contributed by atoms with Crippen LogP contribution in [0.2, 0.25) is 0 Å². The van der Waals surface area contributed by atoms with Crippen LogP contribution in [0.1, 0.15) is 102 Å². The molecule has 0 amide bonds. The van der Waals surface area contributed by atoms with Crippen LogP contribution in [0, 0.1) is 0 Å². The predicted octanol–water partition coefficient (Wildman–Crippen LogP) is 8.30. The molecule has 1 heterocycles. The zero-order valence-corrected chi connectivity index (χ0v) is 23.6. The van der Waals surface area contributed by atoms with E-state index in [1.165, 1.54) is 86.7 Å². The highest BCUT2D eigenvalue weighted by atomic mass is 32.2. The number of hydrogen-bond acceptors (Lipinski definition) is 5. The Balaban J connectivity index is 1.44. The summed E-state index contributed by atoms with van der Waals surface area (Å²) in [6.45, 7) is 8.00. The predicted molar refractivity (Wildman–Crippen MR) is 151 cm³/mol. The van der Waals surface area contributed by atoms with E-state index >= 15 is 0 Å². The normalized spacial score (nSPS) is 14.5. The Morgan fingerprint density at radius 3 is 2.11 bits per heavy atom. The highest BCUT2D eigenvalue weighted by molar-refractivity contribution is 8.03. The number of unbranched alkanes of at least 4 members (excludes halogenated alkanes) is 11. The number of allylic oxidation sites excluding steroid dienone is 1. The Labute approximate surface area is 220 Å². The molecule has 0 aromatic heterocycles. The summed E-state index contributed by atoms with van der Waals surface area (Å²) in [6.07, 6.45) is 18.6. The maximum absolute atomic E-state index is 5.95. The first-order chi connectivity index (χ1) is 17.2. The van der Waals surface area contributed by atoms with E-state index in [-0.39, 0.29) is 6.10 Å². The van der Waals surface area contributed by atoms with Crippen LogP contribution in [0.25, 0.3) is 0 Å². The fourth-order valence-corrected chi connectivity index (χ4v) is 5.17. The molecule has 0 spiro atoms. The van der Waals surface area contributed by atoms with E-state index < -0.39 is 0 Å². The SMILES string of the molecule is CCCCCCCCCCCCCCOCC(COCc1cccc(CN2C=C(C)SC2)c1)OC. The van der Waals surface area contributed by atoms with Crippen LogP contribution in [0.3, 0.4) is 0 Å². The van der Waals surface area contributed by atoms with Crippen LogP contribution < -0.4 is 0 Å². The first-order valence-corrected chi connectivity index (χ1v) is 15.0. The minimum absolute atomic E-state index is 0.00903. The van der Waals surface area contributed by atoms with E-state index in [0.29, 0.717) is 19.8 Å². The molecule has 2 rings (SSSR count). The molecule has 0 radical (unpaired) electrons. The zero-order chi connectivity index (χ0) is 25.0. The van der Waals surface area contributed by atoms with Crippen molar-refractivity contribution in [2.24, 2.45) is 0 Å². The van der Waals surface area contributed by atoms with Gasteiger partial charge in [0, 0.05) is 26.5 Å². The number of nitrogens with zero attached hydrogens (tertiary/aromatic N) is 1. The van der Waals surface area contributed by atoms with Gasteiger partial charge < -0.3 is 19.1 Å². The van der Waals surface area contributed by atoms with Gasteiger partial charge in [0.2, 0.25) is 0 Å². The molecule has 0 fully saturated rings. The highest BCUT2D eigenvalue weighted by Crippen LogP contribution is 2.26. The molecular formula is C30H51NO3S. The zero-order valence-electron chi connectivity index (χ0n) is 22.8. The van der Waals surface area contributed by atoms with Crippen LogP contribution in [0.4, 0.5) is 0 Å². The summed E-state index contributed by atoms with van der Waals surface area (Å²) in [7, 11) is 1.74. The van der Waals surface area contributed by atoms with Crippen LogP contribution >= 0.6 is 11.8 Å².